The predicted molar refractivity (Wildman–Crippen MR) is 119 cm³/mol. The van der Waals surface area contributed by atoms with Gasteiger partial charge in [-0.3, -0.25) is 9.79 Å². The van der Waals surface area contributed by atoms with Crippen molar-refractivity contribution in [2.45, 2.75) is 0 Å². The Bertz CT molecular complexity index is 1240. The van der Waals surface area contributed by atoms with Crippen LogP contribution in [-0.2, 0) is 0 Å². The molecule has 4 rings (SSSR count). The summed E-state index contributed by atoms with van der Waals surface area (Å²) in [6.07, 6.45) is 1.53. The van der Waals surface area contributed by atoms with Gasteiger partial charge in [-0.1, -0.05) is 24.3 Å². The number of ether oxygens (including phenoxy) is 2. The SMILES string of the molecule is COc1cc(N=Cc2cccc(OC)c2O)ccc1NC(=O)c1cc2ccccc2o1. The predicted octanol–water partition coefficient (Wildman–Crippen LogP) is 5.16. The third-order valence-electron chi connectivity index (χ3n) is 4.69. The summed E-state index contributed by atoms with van der Waals surface area (Å²) in [5.74, 6) is 0.639. The first-order valence-corrected chi connectivity index (χ1v) is 9.47. The molecule has 7 nitrogen and oxygen atoms in total. The zero-order valence-electron chi connectivity index (χ0n) is 17.0. The number of anilines is 1. The summed E-state index contributed by atoms with van der Waals surface area (Å²) in [4.78, 5) is 17.0. The molecule has 31 heavy (non-hydrogen) atoms. The van der Waals surface area contributed by atoms with Crippen molar-refractivity contribution in [3.8, 4) is 17.2 Å². The van der Waals surface area contributed by atoms with Crippen LogP contribution in [0.3, 0.4) is 0 Å². The number of fused-ring (bicyclic) bond motifs is 1. The molecular weight excluding hydrogens is 396 g/mol. The number of para-hydroxylation sites is 2. The third kappa shape index (κ3) is 4.20. The van der Waals surface area contributed by atoms with E-state index < -0.39 is 0 Å². The molecular formula is C24H20N2O5. The van der Waals surface area contributed by atoms with Crippen LogP contribution in [-0.4, -0.2) is 31.4 Å². The van der Waals surface area contributed by atoms with Crippen molar-refractivity contribution < 1.29 is 23.8 Å². The molecule has 1 amide bonds. The van der Waals surface area contributed by atoms with Gasteiger partial charge in [-0.25, -0.2) is 0 Å². The summed E-state index contributed by atoms with van der Waals surface area (Å²) in [5, 5.41) is 13.8. The highest BCUT2D eigenvalue weighted by Gasteiger charge is 2.15. The van der Waals surface area contributed by atoms with Gasteiger partial charge in [-0.15, -0.1) is 0 Å². The Morgan fingerprint density at radius 3 is 2.58 bits per heavy atom. The number of carbonyl (C=O) groups excluding carboxylic acids is 1. The van der Waals surface area contributed by atoms with E-state index in [2.05, 4.69) is 10.3 Å². The van der Waals surface area contributed by atoms with Crippen molar-refractivity contribution in [1.29, 1.82) is 0 Å². The smallest absolute Gasteiger partial charge is 0.291 e. The van der Waals surface area contributed by atoms with Gasteiger partial charge in [0.1, 0.15) is 11.3 Å². The Morgan fingerprint density at radius 2 is 1.81 bits per heavy atom. The van der Waals surface area contributed by atoms with E-state index in [0.29, 0.717) is 34.0 Å². The molecule has 0 spiro atoms. The molecule has 156 valence electrons. The van der Waals surface area contributed by atoms with E-state index in [9.17, 15) is 9.90 Å². The number of phenols is 1. The Balaban J connectivity index is 1.54. The number of aliphatic imine (C=N–C) groups is 1. The van der Waals surface area contributed by atoms with Gasteiger partial charge in [-0.05, 0) is 36.4 Å². The van der Waals surface area contributed by atoms with E-state index in [-0.39, 0.29) is 17.4 Å². The number of methoxy groups -OCH3 is 2. The molecule has 0 aliphatic heterocycles. The van der Waals surface area contributed by atoms with Gasteiger partial charge in [0, 0.05) is 23.2 Å². The number of hydrogen-bond acceptors (Lipinski definition) is 6. The lowest BCUT2D eigenvalue weighted by Gasteiger charge is -2.10. The average Bonchev–Trinajstić information content (AvgIpc) is 3.23. The van der Waals surface area contributed by atoms with Crippen molar-refractivity contribution in [1.82, 2.24) is 0 Å². The van der Waals surface area contributed by atoms with Crippen LogP contribution >= 0.6 is 0 Å². The van der Waals surface area contributed by atoms with Crippen LogP contribution in [0.25, 0.3) is 11.0 Å². The molecule has 0 saturated heterocycles. The molecule has 7 heteroatoms. The van der Waals surface area contributed by atoms with Crippen molar-refractivity contribution in [3.05, 3.63) is 78.1 Å². The Kier molecular flexibility index (Phi) is 5.57. The topological polar surface area (TPSA) is 93.3 Å². The second-order valence-corrected chi connectivity index (χ2v) is 6.64. The normalized spacial score (nSPS) is 11.0. The first-order valence-electron chi connectivity index (χ1n) is 9.47. The molecule has 0 atom stereocenters. The molecule has 0 bridgehead atoms. The van der Waals surface area contributed by atoms with Gasteiger partial charge in [0.2, 0.25) is 0 Å². The third-order valence-corrected chi connectivity index (χ3v) is 4.69. The summed E-state index contributed by atoms with van der Waals surface area (Å²) >= 11 is 0. The Morgan fingerprint density at radius 1 is 1.00 bits per heavy atom. The number of rotatable bonds is 6. The first kappa shape index (κ1) is 20.0. The van der Waals surface area contributed by atoms with E-state index in [1.165, 1.54) is 20.4 Å². The molecule has 2 N–H and O–H groups in total. The molecule has 4 aromatic rings. The zero-order valence-corrected chi connectivity index (χ0v) is 17.0. The van der Waals surface area contributed by atoms with Crippen molar-refractivity contribution in [2.75, 3.05) is 19.5 Å². The second-order valence-electron chi connectivity index (χ2n) is 6.64. The van der Waals surface area contributed by atoms with Gasteiger partial charge in [0.15, 0.2) is 17.3 Å². The van der Waals surface area contributed by atoms with Crippen LogP contribution in [0.2, 0.25) is 0 Å². The quantitative estimate of drug-likeness (QED) is 0.424. The van der Waals surface area contributed by atoms with E-state index in [1.807, 2.05) is 18.2 Å². The number of phenolic OH excluding ortho intramolecular Hbond substituents is 1. The first-order chi connectivity index (χ1) is 15.1. The maximum atomic E-state index is 12.6. The lowest BCUT2D eigenvalue weighted by molar-refractivity contribution is 0.0998. The fourth-order valence-corrected chi connectivity index (χ4v) is 3.09. The van der Waals surface area contributed by atoms with Crippen LogP contribution in [0.15, 0.2) is 76.1 Å². The van der Waals surface area contributed by atoms with Crippen LogP contribution in [0.4, 0.5) is 11.4 Å². The molecule has 0 aliphatic carbocycles. The number of aromatic hydroxyl groups is 1. The summed E-state index contributed by atoms with van der Waals surface area (Å²) in [6.45, 7) is 0. The van der Waals surface area contributed by atoms with Gasteiger partial charge in [0.25, 0.3) is 5.91 Å². The van der Waals surface area contributed by atoms with Gasteiger partial charge < -0.3 is 24.3 Å². The molecule has 1 heterocycles. The van der Waals surface area contributed by atoms with Gasteiger partial charge in [-0.2, -0.15) is 0 Å². The van der Waals surface area contributed by atoms with Gasteiger partial charge >= 0.3 is 0 Å². The monoisotopic (exact) mass is 416 g/mol. The Labute approximate surface area is 178 Å². The lowest BCUT2D eigenvalue weighted by Crippen LogP contribution is -2.11. The zero-order chi connectivity index (χ0) is 21.8. The summed E-state index contributed by atoms with van der Waals surface area (Å²) in [5.41, 5.74) is 2.22. The summed E-state index contributed by atoms with van der Waals surface area (Å²) < 4.78 is 16.1. The van der Waals surface area contributed by atoms with Crippen LogP contribution < -0.4 is 14.8 Å². The van der Waals surface area contributed by atoms with Crippen molar-refractivity contribution in [2.24, 2.45) is 4.99 Å². The standard InChI is InChI=1S/C24H20N2O5/c1-29-20-9-5-7-16(23(20)27)14-25-17-10-11-18(21(13-17)30-2)26-24(28)22-12-15-6-3-4-8-19(15)31-22/h3-14,27H,1-2H3,(H,26,28). The highest BCUT2D eigenvalue weighted by molar-refractivity contribution is 6.05. The maximum Gasteiger partial charge on any atom is 0.291 e. The number of nitrogens with one attached hydrogen (secondary N) is 1. The minimum Gasteiger partial charge on any atom is -0.504 e. The minimum absolute atomic E-state index is 0.00966. The highest BCUT2D eigenvalue weighted by Crippen LogP contribution is 2.32. The molecule has 3 aromatic carbocycles. The molecule has 0 radical (unpaired) electrons. The van der Waals surface area contributed by atoms with E-state index >= 15 is 0 Å². The Hall–Kier alpha value is -4.26. The fourth-order valence-electron chi connectivity index (χ4n) is 3.09. The summed E-state index contributed by atoms with van der Waals surface area (Å²) in [7, 11) is 2.99. The maximum absolute atomic E-state index is 12.6. The van der Waals surface area contributed by atoms with Crippen molar-refractivity contribution >= 4 is 34.5 Å². The molecule has 0 aliphatic rings. The molecule has 0 unspecified atom stereocenters. The average molecular weight is 416 g/mol. The number of nitrogens with zero attached hydrogens (tertiary/aromatic N) is 1. The van der Waals surface area contributed by atoms with Crippen LogP contribution in [0.1, 0.15) is 16.1 Å². The largest absolute Gasteiger partial charge is 0.504 e. The van der Waals surface area contributed by atoms with E-state index in [4.69, 9.17) is 13.9 Å². The van der Waals surface area contributed by atoms with E-state index in [0.717, 1.165) is 5.39 Å². The summed E-state index contributed by atoms with van der Waals surface area (Å²) in [6, 6.07) is 19.4. The van der Waals surface area contributed by atoms with Crippen LogP contribution in [0, 0.1) is 0 Å². The number of hydrogen-bond donors (Lipinski definition) is 2. The number of benzene rings is 3. The van der Waals surface area contributed by atoms with E-state index in [1.54, 1.807) is 48.5 Å². The minimum atomic E-state index is -0.382. The number of carbonyl (C=O) groups is 1. The molecule has 1 aromatic heterocycles. The number of furan rings is 1. The molecule has 0 fully saturated rings. The number of amides is 1. The molecule has 0 saturated carbocycles. The van der Waals surface area contributed by atoms with Gasteiger partial charge in [0.05, 0.1) is 25.6 Å². The van der Waals surface area contributed by atoms with Crippen LogP contribution in [0.5, 0.6) is 17.2 Å². The highest BCUT2D eigenvalue weighted by atomic mass is 16.5. The second kappa shape index (κ2) is 8.62. The fraction of sp³-hybridized carbons (Fsp3) is 0.0833. The van der Waals surface area contributed by atoms with Crippen molar-refractivity contribution in [3.63, 3.8) is 0 Å². The lowest BCUT2D eigenvalue weighted by atomic mass is 10.2.